The molecule has 3 rings (SSSR count). The van der Waals surface area contributed by atoms with E-state index in [0.29, 0.717) is 10.7 Å². The summed E-state index contributed by atoms with van der Waals surface area (Å²) in [4.78, 5) is 4.45. The van der Waals surface area contributed by atoms with Gasteiger partial charge in [-0.05, 0) is 42.8 Å². The van der Waals surface area contributed by atoms with Crippen LogP contribution in [-0.4, -0.2) is 17.8 Å². The van der Waals surface area contributed by atoms with Crippen LogP contribution in [0.4, 0.5) is 0 Å². The van der Waals surface area contributed by atoms with Crippen LogP contribution in [0, 0.1) is 6.92 Å². The second-order valence-electron chi connectivity index (χ2n) is 5.10. The topological polar surface area (TPSA) is 63.5 Å². The van der Waals surface area contributed by atoms with E-state index in [-0.39, 0.29) is 16.5 Å². The lowest BCUT2D eigenvalue weighted by atomic mass is 10.3. The molecule has 8 heteroatoms. The molecule has 0 unspecified atom stereocenters. The van der Waals surface area contributed by atoms with Gasteiger partial charge in [-0.15, -0.1) is 0 Å². The lowest BCUT2D eigenvalue weighted by Crippen LogP contribution is -2.23. The first kappa shape index (κ1) is 16.3. The molecule has 1 N–H and O–H groups in total. The van der Waals surface area contributed by atoms with Gasteiger partial charge in [-0.1, -0.05) is 23.2 Å². The van der Waals surface area contributed by atoms with Gasteiger partial charge in [0.15, 0.2) is 0 Å². The lowest BCUT2D eigenvalue weighted by Gasteiger charge is -2.06. The summed E-state index contributed by atoms with van der Waals surface area (Å²) in [7, 11) is -3.69. The van der Waals surface area contributed by atoms with Gasteiger partial charge in [0.05, 0.1) is 27.2 Å². The average Bonchev–Trinajstić information content (AvgIpc) is 2.90. The highest BCUT2D eigenvalue weighted by Gasteiger charge is 2.16. The molecule has 0 fully saturated rings. The zero-order valence-electron chi connectivity index (χ0n) is 12.1. The molecule has 2 aromatic heterocycles. The maximum Gasteiger partial charge on any atom is 0.240 e. The third-order valence-corrected chi connectivity index (χ3v) is 5.45. The molecule has 0 amide bonds. The van der Waals surface area contributed by atoms with Gasteiger partial charge in [0, 0.05) is 12.4 Å². The summed E-state index contributed by atoms with van der Waals surface area (Å²) >= 11 is 11.7. The van der Waals surface area contributed by atoms with E-state index in [1.807, 2.05) is 29.7 Å². The summed E-state index contributed by atoms with van der Waals surface area (Å²) in [6, 6.07) is 8.06. The number of hydrogen-bond acceptors (Lipinski definition) is 3. The summed E-state index contributed by atoms with van der Waals surface area (Å²) in [5.41, 5.74) is 2.49. The number of sulfonamides is 1. The fourth-order valence-electron chi connectivity index (χ4n) is 2.12. The fourth-order valence-corrected chi connectivity index (χ4v) is 3.51. The van der Waals surface area contributed by atoms with E-state index in [1.165, 1.54) is 18.2 Å². The standard InChI is InChI=1S/C15H13Cl2N3O2S/c1-10-4-5-20-9-11(19-15(20)6-10)8-18-23(21,22)12-2-3-13(16)14(17)7-12/h2-7,9,18H,8H2,1H3. The van der Waals surface area contributed by atoms with Crippen LogP contribution in [0.15, 0.2) is 47.6 Å². The molecule has 5 nitrogen and oxygen atoms in total. The maximum absolute atomic E-state index is 12.3. The van der Waals surface area contributed by atoms with Crippen LogP contribution in [0.25, 0.3) is 5.65 Å². The zero-order valence-corrected chi connectivity index (χ0v) is 14.5. The zero-order chi connectivity index (χ0) is 16.6. The number of nitrogens with zero attached hydrogens (tertiary/aromatic N) is 2. The van der Waals surface area contributed by atoms with Crippen LogP contribution < -0.4 is 4.72 Å². The molecule has 2 heterocycles. The van der Waals surface area contributed by atoms with Crippen LogP contribution in [-0.2, 0) is 16.6 Å². The van der Waals surface area contributed by atoms with E-state index in [4.69, 9.17) is 23.2 Å². The second kappa shape index (κ2) is 6.13. The maximum atomic E-state index is 12.3. The third kappa shape index (κ3) is 3.50. The molecule has 0 saturated carbocycles. The van der Waals surface area contributed by atoms with Gasteiger partial charge in [0.2, 0.25) is 10.0 Å². The van der Waals surface area contributed by atoms with Gasteiger partial charge in [-0.2, -0.15) is 0 Å². The van der Waals surface area contributed by atoms with E-state index in [2.05, 4.69) is 9.71 Å². The number of imidazole rings is 1. The Balaban J connectivity index is 1.81. The molecule has 0 aliphatic rings. The Morgan fingerprint density at radius 2 is 1.96 bits per heavy atom. The SMILES string of the molecule is Cc1ccn2cc(CNS(=O)(=O)c3ccc(Cl)c(Cl)c3)nc2c1. The van der Waals surface area contributed by atoms with Crippen molar-refractivity contribution in [1.82, 2.24) is 14.1 Å². The van der Waals surface area contributed by atoms with Gasteiger partial charge in [-0.3, -0.25) is 0 Å². The summed E-state index contributed by atoms with van der Waals surface area (Å²) < 4.78 is 28.9. The number of rotatable bonds is 4. The largest absolute Gasteiger partial charge is 0.307 e. The summed E-state index contributed by atoms with van der Waals surface area (Å²) in [5.74, 6) is 0. The normalized spacial score (nSPS) is 12.0. The number of hydrogen-bond donors (Lipinski definition) is 1. The summed E-state index contributed by atoms with van der Waals surface area (Å²) in [6.45, 7) is 2.06. The monoisotopic (exact) mass is 369 g/mol. The van der Waals surface area contributed by atoms with Crippen molar-refractivity contribution in [3.05, 3.63) is 64.0 Å². The highest BCUT2D eigenvalue weighted by atomic mass is 35.5. The molecule has 0 spiro atoms. The highest BCUT2D eigenvalue weighted by Crippen LogP contribution is 2.24. The number of aryl methyl sites for hydroxylation is 1. The number of pyridine rings is 1. The van der Waals surface area contributed by atoms with Crippen molar-refractivity contribution in [2.45, 2.75) is 18.4 Å². The van der Waals surface area contributed by atoms with Crippen molar-refractivity contribution in [2.24, 2.45) is 0 Å². The average molecular weight is 370 g/mol. The van der Waals surface area contributed by atoms with Crippen molar-refractivity contribution in [3.8, 4) is 0 Å². The minimum Gasteiger partial charge on any atom is -0.307 e. The van der Waals surface area contributed by atoms with Gasteiger partial charge in [0.1, 0.15) is 5.65 Å². The quantitative estimate of drug-likeness (QED) is 0.765. The van der Waals surface area contributed by atoms with Crippen LogP contribution in [0.2, 0.25) is 10.0 Å². The van der Waals surface area contributed by atoms with Gasteiger partial charge in [-0.25, -0.2) is 18.1 Å². The van der Waals surface area contributed by atoms with E-state index in [0.717, 1.165) is 11.2 Å². The molecule has 0 aliphatic heterocycles. The number of halogens is 2. The first-order valence-corrected chi connectivity index (χ1v) is 8.98. The summed E-state index contributed by atoms with van der Waals surface area (Å²) in [5, 5.41) is 0.499. The van der Waals surface area contributed by atoms with Gasteiger partial charge >= 0.3 is 0 Å². The first-order valence-electron chi connectivity index (χ1n) is 6.74. The van der Waals surface area contributed by atoms with Crippen LogP contribution >= 0.6 is 23.2 Å². The highest BCUT2D eigenvalue weighted by molar-refractivity contribution is 7.89. The van der Waals surface area contributed by atoms with Crippen LogP contribution in [0.5, 0.6) is 0 Å². The smallest absolute Gasteiger partial charge is 0.240 e. The van der Waals surface area contributed by atoms with Crippen molar-refractivity contribution in [2.75, 3.05) is 0 Å². The molecular weight excluding hydrogens is 357 g/mol. The Morgan fingerprint density at radius 3 is 2.70 bits per heavy atom. The van der Waals surface area contributed by atoms with E-state index < -0.39 is 10.0 Å². The van der Waals surface area contributed by atoms with Crippen LogP contribution in [0.1, 0.15) is 11.3 Å². The first-order chi connectivity index (χ1) is 10.8. The minimum atomic E-state index is -3.69. The van der Waals surface area contributed by atoms with E-state index in [1.54, 1.807) is 6.20 Å². The fraction of sp³-hybridized carbons (Fsp3) is 0.133. The molecule has 0 aliphatic carbocycles. The molecule has 1 aromatic carbocycles. The molecule has 120 valence electrons. The number of nitrogens with one attached hydrogen (secondary N) is 1. The molecule has 0 radical (unpaired) electrons. The number of fused-ring (bicyclic) bond motifs is 1. The molecule has 0 bridgehead atoms. The Bertz CT molecular complexity index is 984. The van der Waals surface area contributed by atoms with Crippen molar-refractivity contribution < 1.29 is 8.42 Å². The van der Waals surface area contributed by atoms with E-state index >= 15 is 0 Å². The molecule has 23 heavy (non-hydrogen) atoms. The number of aromatic nitrogens is 2. The Labute approximate surface area is 143 Å². The predicted octanol–water partition coefficient (Wildman–Crippen LogP) is 3.43. The third-order valence-electron chi connectivity index (χ3n) is 3.31. The van der Waals surface area contributed by atoms with E-state index in [9.17, 15) is 8.42 Å². The van der Waals surface area contributed by atoms with Crippen molar-refractivity contribution in [1.29, 1.82) is 0 Å². The van der Waals surface area contributed by atoms with Crippen molar-refractivity contribution in [3.63, 3.8) is 0 Å². The van der Waals surface area contributed by atoms with Gasteiger partial charge < -0.3 is 4.40 Å². The summed E-state index contributed by atoms with van der Waals surface area (Å²) in [6.07, 6.45) is 3.67. The molecule has 0 saturated heterocycles. The Hall–Kier alpha value is -1.60. The van der Waals surface area contributed by atoms with Gasteiger partial charge in [0.25, 0.3) is 0 Å². The minimum absolute atomic E-state index is 0.0616. The molecule has 0 atom stereocenters. The second-order valence-corrected chi connectivity index (χ2v) is 7.68. The van der Waals surface area contributed by atoms with Crippen LogP contribution in [0.3, 0.4) is 0 Å². The predicted molar refractivity (Wildman–Crippen MR) is 90.4 cm³/mol. The van der Waals surface area contributed by atoms with Crippen molar-refractivity contribution >= 4 is 38.9 Å². The number of benzene rings is 1. The Kier molecular flexibility index (Phi) is 4.33. The molecule has 3 aromatic rings. The Morgan fingerprint density at radius 1 is 1.17 bits per heavy atom. The molecular formula is C15H13Cl2N3O2S. The lowest BCUT2D eigenvalue weighted by molar-refractivity contribution is 0.580.